The van der Waals surface area contributed by atoms with Crippen LogP contribution in [0.2, 0.25) is 0 Å². The number of methoxy groups -OCH3 is 1. The number of aliphatic hydroxyl groups excluding tert-OH is 9. The molecule has 67 heavy (non-hydrogen) atoms. The van der Waals surface area contributed by atoms with Crippen molar-refractivity contribution in [1.82, 2.24) is 0 Å². The van der Waals surface area contributed by atoms with Crippen molar-refractivity contribution in [2.24, 2.45) is 0 Å². The number of hydrogen-bond donors (Lipinski definition) is 14. The molecular formula is C43H50O24. The summed E-state index contributed by atoms with van der Waals surface area (Å²) < 4.78 is 51.0. The Morgan fingerprint density at radius 3 is 1.88 bits per heavy atom. The van der Waals surface area contributed by atoms with Crippen molar-refractivity contribution in [2.75, 3.05) is 20.3 Å². The minimum absolute atomic E-state index is 0.101. The van der Waals surface area contributed by atoms with Crippen molar-refractivity contribution in [3.05, 3.63) is 71.0 Å². The van der Waals surface area contributed by atoms with Gasteiger partial charge in [-0.15, -0.1) is 0 Å². The molecule has 24 nitrogen and oxygen atoms in total. The second-order valence-corrected chi connectivity index (χ2v) is 16.0. The molecule has 3 aromatic carbocycles. The summed E-state index contributed by atoms with van der Waals surface area (Å²) in [5.41, 5.74) is 0.243. The molecule has 0 amide bonds. The molecule has 4 aliphatic rings. The fourth-order valence-electron chi connectivity index (χ4n) is 7.51. The lowest BCUT2D eigenvalue weighted by molar-refractivity contribution is -0.324. The van der Waals surface area contributed by atoms with Gasteiger partial charge in [0.15, 0.2) is 41.1 Å². The largest absolute Gasteiger partial charge is 0.508 e. The maximum absolute atomic E-state index is 12.6. The van der Waals surface area contributed by atoms with Crippen molar-refractivity contribution < 1.29 is 119 Å². The Hall–Kier alpha value is -5.71. The molecule has 0 aromatic heterocycles. The van der Waals surface area contributed by atoms with Crippen LogP contribution in [0.15, 0.2) is 54.3 Å². The van der Waals surface area contributed by atoms with E-state index in [2.05, 4.69) is 0 Å². The summed E-state index contributed by atoms with van der Waals surface area (Å²) in [6, 6.07) is 8.36. The zero-order valence-electron chi connectivity index (χ0n) is 35.3. The highest BCUT2D eigenvalue weighted by molar-refractivity contribution is 5.87. The first-order valence-corrected chi connectivity index (χ1v) is 20.5. The molecule has 0 spiro atoms. The van der Waals surface area contributed by atoms with Crippen molar-refractivity contribution in [1.29, 1.82) is 0 Å². The number of fused-ring (bicyclic) bond motifs is 1. The molecule has 3 fully saturated rings. The fraction of sp³-hybridized carbons (Fsp3) is 0.465. The highest BCUT2D eigenvalue weighted by Crippen LogP contribution is 2.48. The van der Waals surface area contributed by atoms with Gasteiger partial charge in [0.25, 0.3) is 0 Å². The third-order valence-electron chi connectivity index (χ3n) is 11.3. The van der Waals surface area contributed by atoms with Gasteiger partial charge in [-0.3, -0.25) is 0 Å². The predicted octanol–water partition coefficient (Wildman–Crippen LogP) is -2.19. The molecule has 0 saturated carbocycles. The van der Waals surface area contributed by atoms with Crippen molar-refractivity contribution >= 4 is 18.1 Å². The Labute approximate surface area is 379 Å². The molecule has 0 bridgehead atoms. The van der Waals surface area contributed by atoms with Gasteiger partial charge in [0.1, 0.15) is 96.8 Å². The number of benzene rings is 3. The lowest BCUT2D eigenvalue weighted by Crippen LogP contribution is -2.61. The summed E-state index contributed by atoms with van der Waals surface area (Å²) in [5.74, 6) is -4.84. The normalized spacial score (nSPS) is 34.1. The number of esters is 1. The lowest BCUT2D eigenvalue weighted by Gasteiger charge is -2.43. The second kappa shape index (κ2) is 20.3. The Bertz CT molecular complexity index is 2280. The summed E-state index contributed by atoms with van der Waals surface area (Å²) in [6.45, 7) is 0.0765. The van der Waals surface area contributed by atoms with Crippen LogP contribution >= 0.6 is 0 Å². The van der Waals surface area contributed by atoms with Gasteiger partial charge in [-0.25, -0.2) is 4.79 Å². The van der Waals surface area contributed by atoms with Crippen molar-refractivity contribution in [2.45, 2.75) is 105 Å². The third-order valence-corrected chi connectivity index (χ3v) is 11.3. The number of phenols is 5. The Morgan fingerprint density at radius 2 is 1.24 bits per heavy atom. The molecule has 4 heterocycles. The summed E-state index contributed by atoms with van der Waals surface area (Å²) in [6.07, 6.45) is -23.8. The number of phenolic OH excluding ortho intramolecular Hbond substituents is 5. The van der Waals surface area contributed by atoms with E-state index in [-0.39, 0.29) is 39.9 Å². The number of rotatable bonds is 13. The number of ether oxygens (including phenoxy) is 9. The number of carbonyl (C=O) groups is 1. The van der Waals surface area contributed by atoms with Crippen LogP contribution in [0.1, 0.15) is 29.7 Å². The van der Waals surface area contributed by atoms with E-state index < -0.39 is 140 Å². The van der Waals surface area contributed by atoms with Crippen LogP contribution in [0.5, 0.6) is 46.0 Å². The number of aliphatic hydroxyl groups is 9. The van der Waals surface area contributed by atoms with Gasteiger partial charge in [-0.2, -0.15) is 0 Å². The molecule has 16 atom stereocenters. The minimum atomic E-state index is -2.02. The fourth-order valence-corrected chi connectivity index (χ4v) is 7.51. The first-order valence-electron chi connectivity index (χ1n) is 20.5. The van der Waals surface area contributed by atoms with Gasteiger partial charge in [0.2, 0.25) is 12.6 Å². The molecule has 0 radical (unpaired) electrons. The van der Waals surface area contributed by atoms with Gasteiger partial charge in [-0.05, 0) is 48.9 Å². The first kappa shape index (κ1) is 49.2. The number of hydrogen-bond acceptors (Lipinski definition) is 24. The van der Waals surface area contributed by atoms with Crippen molar-refractivity contribution in [3.8, 4) is 46.0 Å². The van der Waals surface area contributed by atoms with Crippen LogP contribution in [0.3, 0.4) is 0 Å². The van der Waals surface area contributed by atoms with E-state index in [9.17, 15) is 76.3 Å². The Balaban J connectivity index is 1.14. The highest BCUT2D eigenvalue weighted by atomic mass is 16.7. The molecule has 3 aromatic rings. The highest BCUT2D eigenvalue weighted by Gasteiger charge is 2.49. The third kappa shape index (κ3) is 10.4. The maximum atomic E-state index is 12.6. The van der Waals surface area contributed by atoms with Crippen LogP contribution in [0.25, 0.3) is 12.2 Å². The molecular weight excluding hydrogens is 900 g/mol. The summed E-state index contributed by atoms with van der Waals surface area (Å²) in [5, 5.41) is 148. The van der Waals surface area contributed by atoms with E-state index in [0.717, 1.165) is 30.3 Å². The van der Waals surface area contributed by atoms with Gasteiger partial charge in [-0.1, -0.05) is 6.07 Å². The average Bonchev–Trinajstić information content (AvgIpc) is 3.30. The topological polar surface area (TPSA) is 383 Å². The molecule has 24 heteroatoms. The van der Waals surface area contributed by atoms with E-state index in [0.29, 0.717) is 5.56 Å². The quantitative estimate of drug-likeness (QED) is 0.0491. The molecule has 16 unspecified atom stereocenters. The first-order chi connectivity index (χ1) is 31.8. The zero-order chi connectivity index (χ0) is 48.6. The summed E-state index contributed by atoms with van der Waals surface area (Å²) in [4.78, 5) is 12.6. The van der Waals surface area contributed by atoms with Crippen LogP contribution in [0, 0.1) is 0 Å². The second-order valence-electron chi connectivity index (χ2n) is 16.0. The Morgan fingerprint density at radius 1 is 0.642 bits per heavy atom. The van der Waals surface area contributed by atoms with Gasteiger partial charge < -0.3 is 114 Å². The smallest absolute Gasteiger partial charge is 0.330 e. The SMILES string of the molecule is COc1cc(C=CC(=O)OCC2OC(Oc3cc(O)cc4c3C=C(OC3OC(COC5OC(C)C(O)C(O)C5O)C(O)C(O)C3O)C(c3cc(O)c(O)c(O)c3)O4)C(O)C(O)C2O)ccc1O. The molecule has 14 N–H and O–H groups in total. The molecule has 0 aliphatic carbocycles. The van der Waals surface area contributed by atoms with Crippen LogP contribution < -0.4 is 14.2 Å². The summed E-state index contributed by atoms with van der Waals surface area (Å²) in [7, 11) is 1.34. The minimum Gasteiger partial charge on any atom is -0.508 e. The van der Waals surface area contributed by atoms with Crippen LogP contribution in [0.4, 0.5) is 0 Å². The predicted molar refractivity (Wildman–Crippen MR) is 219 cm³/mol. The zero-order valence-corrected chi connectivity index (χ0v) is 35.3. The molecule has 7 rings (SSSR count). The monoisotopic (exact) mass is 950 g/mol. The number of aromatic hydroxyl groups is 5. The van der Waals surface area contributed by atoms with Crippen molar-refractivity contribution in [3.63, 3.8) is 0 Å². The van der Waals surface area contributed by atoms with Crippen LogP contribution in [-0.4, -0.2) is 190 Å². The lowest BCUT2D eigenvalue weighted by atomic mass is 9.98. The molecule has 366 valence electrons. The van der Waals surface area contributed by atoms with E-state index in [1.54, 1.807) is 0 Å². The van der Waals surface area contributed by atoms with E-state index in [1.807, 2.05) is 0 Å². The van der Waals surface area contributed by atoms with Gasteiger partial charge in [0.05, 0.1) is 25.4 Å². The van der Waals surface area contributed by atoms with E-state index >= 15 is 0 Å². The van der Waals surface area contributed by atoms with Gasteiger partial charge in [0, 0.05) is 23.8 Å². The van der Waals surface area contributed by atoms with E-state index in [4.69, 9.17) is 42.6 Å². The average molecular weight is 951 g/mol. The molecule has 4 aliphatic heterocycles. The van der Waals surface area contributed by atoms with Crippen LogP contribution in [-0.2, 0) is 33.2 Å². The number of carbonyl (C=O) groups excluding carboxylic acids is 1. The van der Waals surface area contributed by atoms with Gasteiger partial charge >= 0.3 is 5.97 Å². The summed E-state index contributed by atoms with van der Waals surface area (Å²) >= 11 is 0. The standard InChI is InChI=1S/C43H50O24/c1-15-30(49)34(53)37(56)41(62-15)61-14-28-33(52)36(55)39(58)43(67-28)65-26-12-19-23(63-40(26)17-8-21(46)31(50)22(47)9-17)10-18(44)11-24(19)64-42-38(57)35(54)32(51)27(66-42)13-60-29(48)6-4-16-3-5-20(45)25(7-16)59-2/h3-12,15,27-28,30,32-47,49-58H,13-14H2,1-2H3. The van der Waals surface area contributed by atoms with E-state index in [1.165, 1.54) is 44.4 Å². The Kier molecular flexibility index (Phi) is 14.9. The molecule has 3 saturated heterocycles. The maximum Gasteiger partial charge on any atom is 0.330 e.